The second-order valence-electron chi connectivity index (χ2n) is 6.84. The van der Waals surface area contributed by atoms with Gasteiger partial charge in [-0.3, -0.25) is 0 Å². The molecule has 0 bridgehead atoms. The standard InChI is InChI=1S/C25H17ClFN3O/c26-23-20(15-19-11-12-21(30-31)16-22(19)27)13-14-28-25(23)29-24(17-7-3-1-4-8-17)18-9-5-2-6-10-18/h1-14,16H,15H2. The molecule has 0 saturated carbocycles. The Morgan fingerprint density at radius 3 is 2.10 bits per heavy atom. The first-order valence-corrected chi connectivity index (χ1v) is 9.98. The maximum absolute atomic E-state index is 14.3. The van der Waals surface area contributed by atoms with Crippen molar-refractivity contribution in [1.82, 2.24) is 4.98 Å². The van der Waals surface area contributed by atoms with E-state index in [4.69, 9.17) is 16.6 Å². The minimum Gasteiger partial charge on any atom is -0.236 e. The Labute approximate surface area is 184 Å². The van der Waals surface area contributed by atoms with E-state index in [1.54, 1.807) is 12.3 Å². The van der Waals surface area contributed by atoms with Gasteiger partial charge in [0.1, 0.15) is 11.5 Å². The molecule has 1 aromatic heterocycles. The number of pyridine rings is 1. The van der Waals surface area contributed by atoms with Crippen LogP contribution in [0.3, 0.4) is 0 Å². The van der Waals surface area contributed by atoms with Gasteiger partial charge in [0.2, 0.25) is 0 Å². The summed E-state index contributed by atoms with van der Waals surface area (Å²) in [6.45, 7) is 0. The van der Waals surface area contributed by atoms with Crippen LogP contribution in [0.25, 0.3) is 0 Å². The zero-order chi connectivity index (χ0) is 21.6. The molecular weight excluding hydrogens is 413 g/mol. The van der Waals surface area contributed by atoms with Crippen LogP contribution >= 0.6 is 11.6 Å². The summed E-state index contributed by atoms with van der Waals surface area (Å²) in [5, 5.41) is 3.11. The van der Waals surface area contributed by atoms with E-state index in [9.17, 15) is 9.30 Å². The fraction of sp³-hybridized carbons (Fsp3) is 0.0400. The van der Waals surface area contributed by atoms with Crippen molar-refractivity contribution in [1.29, 1.82) is 0 Å². The number of nitrogens with zero attached hydrogens (tertiary/aromatic N) is 3. The summed E-state index contributed by atoms with van der Waals surface area (Å²) >= 11 is 6.63. The van der Waals surface area contributed by atoms with E-state index in [-0.39, 0.29) is 12.1 Å². The summed E-state index contributed by atoms with van der Waals surface area (Å²) in [5.41, 5.74) is 3.73. The van der Waals surface area contributed by atoms with Crippen LogP contribution in [0.1, 0.15) is 22.3 Å². The number of rotatable bonds is 6. The Morgan fingerprint density at radius 1 is 0.871 bits per heavy atom. The Kier molecular flexibility index (Phi) is 6.24. The largest absolute Gasteiger partial charge is 0.236 e. The lowest BCUT2D eigenvalue weighted by Gasteiger charge is -2.10. The molecule has 3 aromatic carbocycles. The minimum atomic E-state index is -0.510. The Morgan fingerprint density at radius 2 is 1.52 bits per heavy atom. The fourth-order valence-electron chi connectivity index (χ4n) is 3.22. The summed E-state index contributed by atoms with van der Waals surface area (Å²) in [6.07, 6.45) is 1.84. The summed E-state index contributed by atoms with van der Waals surface area (Å²) in [5.74, 6) is -0.155. The fourth-order valence-corrected chi connectivity index (χ4v) is 3.44. The van der Waals surface area contributed by atoms with Crippen molar-refractivity contribution < 1.29 is 4.39 Å². The molecule has 0 amide bonds. The molecule has 0 fully saturated rings. The van der Waals surface area contributed by atoms with Gasteiger partial charge in [-0.15, -0.1) is 4.91 Å². The second-order valence-corrected chi connectivity index (χ2v) is 7.22. The van der Waals surface area contributed by atoms with E-state index < -0.39 is 5.82 Å². The quantitative estimate of drug-likeness (QED) is 0.244. The monoisotopic (exact) mass is 429 g/mol. The van der Waals surface area contributed by atoms with E-state index in [0.29, 0.717) is 22.0 Å². The third kappa shape index (κ3) is 4.73. The van der Waals surface area contributed by atoms with E-state index in [1.165, 1.54) is 12.1 Å². The first-order valence-electron chi connectivity index (χ1n) is 9.60. The average Bonchev–Trinajstić information content (AvgIpc) is 2.82. The minimum absolute atomic E-state index is 0.0442. The highest BCUT2D eigenvalue weighted by Crippen LogP contribution is 2.30. The van der Waals surface area contributed by atoms with Gasteiger partial charge in [-0.2, -0.15) is 0 Å². The van der Waals surface area contributed by atoms with Crippen LogP contribution in [0.15, 0.2) is 101 Å². The van der Waals surface area contributed by atoms with Crippen molar-refractivity contribution in [2.24, 2.45) is 10.2 Å². The van der Waals surface area contributed by atoms with E-state index >= 15 is 0 Å². The maximum atomic E-state index is 14.3. The SMILES string of the molecule is O=Nc1ccc(Cc2ccnc(N=C(c3ccccc3)c3ccccc3)c2Cl)c(F)c1. The molecule has 0 aliphatic carbocycles. The van der Waals surface area contributed by atoms with Crippen LogP contribution in [-0.2, 0) is 6.42 Å². The molecular formula is C25H17ClFN3O. The molecule has 0 radical (unpaired) electrons. The molecule has 31 heavy (non-hydrogen) atoms. The highest BCUT2D eigenvalue weighted by atomic mass is 35.5. The molecule has 4 rings (SSSR count). The number of halogens is 2. The van der Waals surface area contributed by atoms with Crippen molar-refractivity contribution >= 4 is 28.8 Å². The first-order chi connectivity index (χ1) is 15.2. The number of hydrogen-bond acceptors (Lipinski definition) is 4. The van der Waals surface area contributed by atoms with Gasteiger partial charge in [-0.25, -0.2) is 14.4 Å². The summed E-state index contributed by atoms with van der Waals surface area (Å²) in [7, 11) is 0. The number of benzene rings is 3. The predicted molar refractivity (Wildman–Crippen MR) is 122 cm³/mol. The normalized spacial score (nSPS) is 10.5. The van der Waals surface area contributed by atoms with Crippen LogP contribution in [-0.4, -0.2) is 10.7 Å². The predicted octanol–water partition coefficient (Wildman–Crippen LogP) is 7.03. The molecule has 0 saturated heterocycles. The van der Waals surface area contributed by atoms with Gasteiger partial charge in [0, 0.05) is 29.8 Å². The van der Waals surface area contributed by atoms with E-state index in [2.05, 4.69) is 10.2 Å². The molecule has 1 heterocycles. The molecule has 0 atom stereocenters. The highest BCUT2D eigenvalue weighted by Gasteiger charge is 2.13. The molecule has 0 aliphatic heterocycles. The van der Waals surface area contributed by atoms with Crippen LogP contribution in [0.2, 0.25) is 5.02 Å². The number of nitroso groups, excluding NO2 is 1. The number of aliphatic imine (C=N–C) groups is 1. The first kappa shape index (κ1) is 20.6. The van der Waals surface area contributed by atoms with Gasteiger partial charge in [-0.1, -0.05) is 78.3 Å². The van der Waals surface area contributed by atoms with Crippen molar-refractivity contribution in [2.45, 2.75) is 6.42 Å². The van der Waals surface area contributed by atoms with Crippen LogP contribution < -0.4 is 0 Å². The number of hydrogen-bond donors (Lipinski definition) is 0. The molecule has 152 valence electrons. The van der Waals surface area contributed by atoms with Crippen LogP contribution in [0.5, 0.6) is 0 Å². The summed E-state index contributed by atoms with van der Waals surface area (Å²) < 4.78 is 14.3. The molecule has 0 N–H and O–H groups in total. The molecule has 0 spiro atoms. The van der Waals surface area contributed by atoms with Gasteiger partial charge in [0.15, 0.2) is 5.82 Å². The lowest BCUT2D eigenvalue weighted by atomic mass is 10.0. The van der Waals surface area contributed by atoms with Gasteiger partial charge in [0.05, 0.1) is 10.7 Å². The molecule has 4 aromatic rings. The average molecular weight is 430 g/mol. The van der Waals surface area contributed by atoms with E-state index in [1.807, 2.05) is 60.7 Å². The van der Waals surface area contributed by atoms with Crippen molar-refractivity contribution in [3.8, 4) is 0 Å². The zero-order valence-electron chi connectivity index (χ0n) is 16.4. The Bertz CT molecular complexity index is 1200. The van der Waals surface area contributed by atoms with Gasteiger partial charge in [-0.05, 0) is 28.4 Å². The highest BCUT2D eigenvalue weighted by molar-refractivity contribution is 6.33. The molecule has 6 heteroatoms. The number of aromatic nitrogens is 1. The third-order valence-corrected chi connectivity index (χ3v) is 5.20. The van der Waals surface area contributed by atoms with Crippen LogP contribution in [0, 0.1) is 10.7 Å². The van der Waals surface area contributed by atoms with Gasteiger partial charge in [0.25, 0.3) is 0 Å². The lowest BCUT2D eigenvalue weighted by Crippen LogP contribution is -2.03. The lowest BCUT2D eigenvalue weighted by molar-refractivity contribution is 0.614. The topological polar surface area (TPSA) is 54.7 Å². The Balaban J connectivity index is 1.75. The third-order valence-electron chi connectivity index (χ3n) is 4.79. The maximum Gasteiger partial charge on any atom is 0.171 e. The van der Waals surface area contributed by atoms with Crippen molar-refractivity contribution in [3.63, 3.8) is 0 Å². The van der Waals surface area contributed by atoms with Crippen molar-refractivity contribution in [3.05, 3.63) is 129 Å². The molecule has 0 aliphatic rings. The molecule has 4 nitrogen and oxygen atoms in total. The summed E-state index contributed by atoms with van der Waals surface area (Å²) in [6, 6.07) is 25.4. The smallest absolute Gasteiger partial charge is 0.171 e. The second kappa shape index (κ2) is 9.41. The van der Waals surface area contributed by atoms with Gasteiger partial charge < -0.3 is 0 Å². The van der Waals surface area contributed by atoms with E-state index in [0.717, 1.165) is 22.9 Å². The zero-order valence-corrected chi connectivity index (χ0v) is 17.1. The Hall–Kier alpha value is -3.70. The summed E-state index contributed by atoms with van der Waals surface area (Å²) in [4.78, 5) is 19.7. The van der Waals surface area contributed by atoms with Gasteiger partial charge >= 0.3 is 0 Å². The molecule has 0 unspecified atom stereocenters. The van der Waals surface area contributed by atoms with Crippen LogP contribution in [0.4, 0.5) is 15.9 Å². The van der Waals surface area contributed by atoms with Crippen molar-refractivity contribution in [2.75, 3.05) is 0 Å².